The van der Waals surface area contributed by atoms with Crippen LogP contribution in [0.1, 0.15) is 29.7 Å². The van der Waals surface area contributed by atoms with E-state index in [-0.39, 0.29) is 11.7 Å². The van der Waals surface area contributed by atoms with Crippen molar-refractivity contribution >= 4 is 10.9 Å². The summed E-state index contributed by atoms with van der Waals surface area (Å²) >= 11 is 0. The fourth-order valence-corrected chi connectivity index (χ4v) is 3.06. The number of fused-ring (bicyclic) bond motifs is 1. The highest BCUT2D eigenvalue weighted by Crippen LogP contribution is 2.28. The molecule has 0 amide bonds. The quantitative estimate of drug-likeness (QED) is 0.706. The third-order valence-corrected chi connectivity index (χ3v) is 4.55. The fraction of sp³-hybridized carbons (Fsp3) is 0.318. The summed E-state index contributed by atoms with van der Waals surface area (Å²) in [4.78, 5) is 17.1. The molecule has 0 spiro atoms. The van der Waals surface area contributed by atoms with Gasteiger partial charge in [-0.1, -0.05) is 43.3 Å². The van der Waals surface area contributed by atoms with Gasteiger partial charge >= 0.3 is 0 Å². The number of likely N-dealkylation sites (N-methyl/N-ethyl adjacent to an activating group) is 1. The number of pyridine rings is 1. The Kier molecular flexibility index (Phi) is 5.86. The van der Waals surface area contributed by atoms with Crippen LogP contribution in [0, 0.1) is 0 Å². The molecular formula is C22H26N2O2. The second kappa shape index (κ2) is 8.30. The zero-order valence-corrected chi connectivity index (χ0v) is 15.7. The summed E-state index contributed by atoms with van der Waals surface area (Å²) in [5.41, 5.74) is 3.88. The topological polar surface area (TPSA) is 45.3 Å². The molecule has 0 saturated carbocycles. The molecule has 0 aliphatic heterocycles. The molecule has 1 unspecified atom stereocenters. The molecule has 1 aromatic heterocycles. The van der Waals surface area contributed by atoms with E-state index in [9.17, 15) is 4.79 Å². The molecule has 0 aliphatic carbocycles. The normalized spacial score (nSPS) is 12.6. The third-order valence-electron chi connectivity index (χ3n) is 4.55. The molecule has 1 atom stereocenters. The Bertz CT molecular complexity index is 916. The second-order valence-electron chi connectivity index (χ2n) is 6.79. The number of hydrogen-bond acceptors (Lipinski definition) is 3. The third kappa shape index (κ3) is 4.21. The Balaban J connectivity index is 1.99. The SMILES string of the molecule is CCc1cc2cc(C(OCCN(C)C)c3ccccc3)ccc2[nH]c1=O. The van der Waals surface area contributed by atoms with Crippen molar-refractivity contribution in [3.8, 4) is 0 Å². The Hall–Kier alpha value is -2.43. The Morgan fingerprint density at radius 3 is 2.50 bits per heavy atom. The number of ether oxygens (including phenoxy) is 1. The summed E-state index contributed by atoms with van der Waals surface area (Å²) < 4.78 is 6.24. The van der Waals surface area contributed by atoms with Crippen molar-refractivity contribution in [1.29, 1.82) is 0 Å². The van der Waals surface area contributed by atoms with Gasteiger partial charge in [-0.25, -0.2) is 0 Å². The average molecular weight is 350 g/mol. The van der Waals surface area contributed by atoms with Gasteiger partial charge in [0.15, 0.2) is 0 Å². The predicted octanol–water partition coefficient (Wildman–Crippen LogP) is 3.76. The molecule has 3 aromatic rings. The Labute approximate surface area is 154 Å². The van der Waals surface area contributed by atoms with Crippen LogP contribution in [-0.2, 0) is 11.2 Å². The number of hydrogen-bond donors (Lipinski definition) is 1. The summed E-state index contributed by atoms with van der Waals surface area (Å²) in [6.07, 6.45) is 0.592. The van der Waals surface area contributed by atoms with E-state index in [2.05, 4.69) is 28.1 Å². The monoisotopic (exact) mass is 350 g/mol. The number of aromatic nitrogens is 1. The highest BCUT2D eigenvalue weighted by molar-refractivity contribution is 5.80. The van der Waals surface area contributed by atoms with Gasteiger partial charge in [-0.2, -0.15) is 0 Å². The van der Waals surface area contributed by atoms with Gasteiger partial charge in [-0.05, 0) is 55.2 Å². The molecule has 136 valence electrons. The van der Waals surface area contributed by atoms with E-state index in [0.29, 0.717) is 6.61 Å². The van der Waals surface area contributed by atoms with E-state index in [1.807, 2.05) is 57.4 Å². The van der Waals surface area contributed by atoms with Crippen LogP contribution in [-0.4, -0.2) is 37.1 Å². The van der Waals surface area contributed by atoms with Crippen LogP contribution in [0.5, 0.6) is 0 Å². The lowest BCUT2D eigenvalue weighted by molar-refractivity contribution is 0.0688. The zero-order valence-electron chi connectivity index (χ0n) is 15.7. The van der Waals surface area contributed by atoms with Crippen molar-refractivity contribution in [2.75, 3.05) is 27.2 Å². The van der Waals surface area contributed by atoms with E-state index in [1.165, 1.54) is 0 Å². The maximum atomic E-state index is 12.0. The molecule has 1 heterocycles. The van der Waals surface area contributed by atoms with Gasteiger partial charge in [-0.3, -0.25) is 4.79 Å². The van der Waals surface area contributed by atoms with Gasteiger partial charge in [0, 0.05) is 17.6 Å². The molecule has 0 saturated heterocycles. The first-order valence-electron chi connectivity index (χ1n) is 9.05. The number of nitrogens with one attached hydrogen (secondary N) is 1. The van der Waals surface area contributed by atoms with Crippen molar-refractivity contribution in [2.24, 2.45) is 0 Å². The Morgan fingerprint density at radius 2 is 1.81 bits per heavy atom. The molecule has 2 aromatic carbocycles. The van der Waals surface area contributed by atoms with Gasteiger partial charge < -0.3 is 14.6 Å². The standard InChI is InChI=1S/C22H26N2O2/c1-4-16-14-19-15-18(10-11-20(19)23-22(16)25)21(26-13-12-24(2)3)17-8-6-5-7-9-17/h5-11,14-15,21H,4,12-13H2,1-3H3,(H,23,25). The van der Waals surface area contributed by atoms with Crippen LogP contribution < -0.4 is 5.56 Å². The highest BCUT2D eigenvalue weighted by Gasteiger charge is 2.15. The van der Waals surface area contributed by atoms with E-state index in [0.717, 1.165) is 40.6 Å². The minimum atomic E-state index is -0.127. The van der Waals surface area contributed by atoms with Crippen LogP contribution in [0.15, 0.2) is 59.4 Å². The number of aryl methyl sites for hydroxylation is 1. The number of nitrogens with zero attached hydrogens (tertiary/aromatic N) is 1. The summed E-state index contributed by atoms with van der Waals surface area (Å²) in [6.45, 7) is 3.51. The van der Waals surface area contributed by atoms with Crippen molar-refractivity contribution in [1.82, 2.24) is 9.88 Å². The number of benzene rings is 2. The number of rotatable bonds is 7. The van der Waals surface area contributed by atoms with Crippen LogP contribution in [0.25, 0.3) is 10.9 Å². The smallest absolute Gasteiger partial charge is 0.251 e. The minimum absolute atomic E-state index is 0.00501. The fourth-order valence-electron chi connectivity index (χ4n) is 3.06. The van der Waals surface area contributed by atoms with Gasteiger partial charge in [0.1, 0.15) is 6.10 Å². The predicted molar refractivity (Wildman–Crippen MR) is 107 cm³/mol. The lowest BCUT2D eigenvalue weighted by Gasteiger charge is -2.21. The molecule has 1 N–H and O–H groups in total. The number of H-pyrrole nitrogens is 1. The molecule has 0 bridgehead atoms. The average Bonchev–Trinajstić information content (AvgIpc) is 2.65. The van der Waals surface area contributed by atoms with Crippen LogP contribution in [0.3, 0.4) is 0 Å². The van der Waals surface area contributed by atoms with E-state index in [1.54, 1.807) is 0 Å². The second-order valence-corrected chi connectivity index (χ2v) is 6.79. The van der Waals surface area contributed by atoms with Crippen LogP contribution in [0.4, 0.5) is 0 Å². The molecule has 4 nitrogen and oxygen atoms in total. The lowest BCUT2D eigenvalue weighted by atomic mass is 9.99. The first kappa shape index (κ1) is 18.4. The van der Waals surface area contributed by atoms with E-state index in [4.69, 9.17) is 4.74 Å². The van der Waals surface area contributed by atoms with Gasteiger partial charge in [-0.15, -0.1) is 0 Å². The van der Waals surface area contributed by atoms with E-state index < -0.39 is 0 Å². The summed E-state index contributed by atoms with van der Waals surface area (Å²) in [7, 11) is 4.08. The van der Waals surface area contributed by atoms with Gasteiger partial charge in [0.05, 0.1) is 6.61 Å². The van der Waals surface area contributed by atoms with Crippen LogP contribution in [0.2, 0.25) is 0 Å². The maximum Gasteiger partial charge on any atom is 0.251 e. The molecule has 0 radical (unpaired) electrons. The first-order chi connectivity index (χ1) is 12.6. The number of aromatic amines is 1. The molecule has 26 heavy (non-hydrogen) atoms. The van der Waals surface area contributed by atoms with Crippen molar-refractivity contribution in [2.45, 2.75) is 19.4 Å². The van der Waals surface area contributed by atoms with Crippen molar-refractivity contribution < 1.29 is 4.74 Å². The molecule has 0 fully saturated rings. The van der Waals surface area contributed by atoms with Crippen LogP contribution >= 0.6 is 0 Å². The largest absolute Gasteiger partial charge is 0.367 e. The Morgan fingerprint density at radius 1 is 1.04 bits per heavy atom. The summed E-state index contributed by atoms with van der Waals surface area (Å²) in [5.74, 6) is 0. The molecule has 0 aliphatic rings. The summed E-state index contributed by atoms with van der Waals surface area (Å²) in [6, 6.07) is 18.4. The van der Waals surface area contributed by atoms with Crippen molar-refractivity contribution in [3.05, 3.63) is 81.6 Å². The highest BCUT2D eigenvalue weighted by atomic mass is 16.5. The van der Waals surface area contributed by atoms with Gasteiger partial charge in [0.25, 0.3) is 5.56 Å². The molecule has 3 rings (SSSR count). The van der Waals surface area contributed by atoms with E-state index >= 15 is 0 Å². The van der Waals surface area contributed by atoms with Gasteiger partial charge in [0.2, 0.25) is 0 Å². The molecule has 4 heteroatoms. The summed E-state index contributed by atoms with van der Waals surface area (Å²) in [5, 5.41) is 1.04. The van der Waals surface area contributed by atoms with Crippen molar-refractivity contribution in [3.63, 3.8) is 0 Å². The molecular weight excluding hydrogens is 324 g/mol. The maximum absolute atomic E-state index is 12.0. The lowest BCUT2D eigenvalue weighted by Crippen LogP contribution is -2.20. The minimum Gasteiger partial charge on any atom is -0.367 e. The first-order valence-corrected chi connectivity index (χ1v) is 9.05. The zero-order chi connectivity index (χ0) is 18.5.